The lowest BCUT2D eigenvalue weighted by Crippen LogP contribution is -2.41. The van der Waals surface area contributed by atoms with E-state index in [4.69, 9.17) is 11.6 Å². The van der Waals surface area contributed by atoms with E-state index in [1.54, 1.807) is 0 Å². The van der Waals surface area contributed by atoms with E-state index in [1.807, 2.05) is 12.1 Å². The van der Waals surface area contributed by atoms with Gasteiger partial charge >= 0.3 is 0 Å². The van der Waals surface area contributed by atoms with Crippen molar-refractivity contribution in [2.24, 2.45) is 11.8 Å². The van der Waals surface area contributed by atoms with Crippen LogP contribution >= 0.6 is 11.6 Å². The largest absolute Gasteiger partial charge is 0.307 e. The monoisotopic (exact) mass is 265 g/mol. The van der Waals surface area contributed by atoms with Gasteiger partial charge < -0.3 is 5.32 Å². The molecule has 4 atom stereocenters. The first-order chi connectivity index (χ1) is 8.58. The molecule has 3 unspecified atom stereocenters. The van der Waals surface area contributed by atoms with E-state index in [-0.39, 0.29) is 0 Å². The fourth-order valence-corrected chi connectivity index (χ4v) is 3.21. The first-order valence-corrected chi connectivity index (χ1v) is 7.47. The van der Waals surface area contributed by atoms with Gasteiger partial charge in [-0.3, -0.25) is 0 Å². The maximum absolute atomic E-state index is 6.06. The zero-order valence-corrected chi connectivity index (χ0v) is 12.4. The Morgan fingerprint density at radius 3 is 2.78 bits per heavy atom. The second kappa shape index (κ2) is 6.08. The Bertz CT molecular complexity index is 390. The smallest absolute Gasteiger partial charge is 0.0409 e. The summed E-state index contributed by atoms with van der Waals surface area (Å²) in [4.78, 5) is 0. The summed E-state index contributed by atoms with van der Waals surface area (Å²) in [6, 6.07) is 9.20. The molecule has 1 saturated carbocycles. The minimum absolute atomic E-state index is 0.376. The number of benzene rings is 1. The van der Waals surface area contributed by atoms with E-state index < -0.39 is 0 Å². The third kappa shape index (κ3) is 3.27. The van der Waals surface area contributed by atoms with Crippen molar-refractivity contribution in [3.8, 4) is 0 Å². The molecule has 1 fully saturated rings. The molecule has 0 radical (unpaired) electrons. The maximum Gasteiger partial charge on any atom is 0.0409 e. The van der Waals surface area contributed by atoms with Crippen LogP contribution in [0.3, 0.4) is 0 Å². The van der Waals surface area contributed by atoms with Gasteiger partial charge in [0.25, 0.3) is 0 Å². The lowest BCUT2D eigenvalue weighted by Gasteiger charge is -2.36. The van der Waals surface area contributed by atoms with E-state index in [9.17, 15) is 0 Å². The Morgan fingerprint density at radius 1 is 1.28 bits per heavy atom. The molecule has 18 heavy (non-hydrogen) atoms. The highest BCUT2D eigenvalue weighted by Crippen LogP contribution is 2.31. The molecule has 0 aliphatic heterocycles. The summed E-state index contributed by atoms with van der Waals surface area (Å²) < 4.78 is 0. The molecule has 100 valence electrons. The fourth-order valence-electron chi connectivity index (χ4n) is 3.01. The van der Waals surface area contributed by atoms with E-state index >= 15 is 0 Å². The van der Waals surface area contributed by atoms with Crippen molar-refractivity contribution in [1.29, 1.82) is 0 Å². The average molecular weight is 266 g/mol. The molecule has 0 bridgehead atoms. The second-order valence-electron chi connectivity index (χ2n) is 5.82. The predicted molar refractivity (Wildman–Crippen MR) is 79.0 cm³/mol. The van der Waals surface area contributed by atoms with Crippen molar-refractivity contribution in [2.45, 2.75) is 52.1 Å². The van der Waals surface area contributed by atoms with Gasteiger partial charge in [0.05, 0.1) is 0 Å². The summed E-state index contributed by atoms with van der Waals surface area (Å²) in [5, 5.41) is 4.61. The third-order valence-electron chi connectivity index (χ3n) is 4.52. The van der Waals surface area contributed by atoms with E-state index in [0.717, 1.165) is 16.9 Å². The van der Waals surface area contributed by atoms with Crippen molar-refractivity contribution < 1.29 is 0 Å². The molecule has 0 spiro atoms. The molecular weight excluding hydrogens is 242 g/mol. The molecule has 1 aliphatic carbocycles. The van der Waals surface area contributed by atoms with Gasteiger partial charge in [-0.05, 0) is 42.9 Å². The molecule has 1 aliphatic rings. The highest BCUT2D eigenvalue weighted by Gasteiger charge is 2.27. The summed E-state index contributed by atoms with van der Waals surface area (Å²) in [5.41, 5.74) is 1.29. The summed E-state index contributed by atoms with van der Waals surface area (Å²) >= 11 is 6.06. The van der Waals surface area contributed by atoms with E-state index in [1.165, 1.54) is 24.8 Å². The van der Waals surface area contributed by atoms with Gasteiger partial charge in [-0.1, -0.05) is 50.4 Å². The van der Waals surface area contributed by atoms with Crippen LogP contribution in [-0.2, 0) is 0 Å². The van der Waals surface area contributed by atoms with Gasteiger partial charge in [-0.15, -0.1) is 0 Å². The summed E-state index contributed by atoms with van der Waals surface area (Å²) in [5.74, 6) is 1.60. The molecule has 1 nitrogen and oxygen atoms in total. The van der Waals surface area contributed by atoms with Gasteiger partial charge in [0.2, 0.25) is 0 Å². The Labute approximate surface area is 116 Å². The standard InChI is InChI=1S/C16H24ClN/c1-11-6-4-9-16(12(11)2)18-13(3)14-7-5-8-15(17)10-14/h5,7-8,10-13,16,18H,4,6,9H2,1-3H3/t11?,12?,13-,16?/m0/s1. The van der Waals surface area contributed by atoms with E-state index in [2.05, 4.69) is 38.2 Å². The number of hydrogen-bond acceptors (Lipinski definition) is 1. The summed E-state index contributed by atoms with van der Waals surface area (Å²) in [6.07, 6.45) is 4.03. The second-order valence-corrected chi connectivity index (χ2v) is 6.25. The van der Waals surface area contributed by atoms with Crippen molar-refractivity contribution in [1.82, 2.24) is 5.32 Å². The molecule has 0 saturated heterocycles. The minimum Gasteiger partial charge on any atom is -0.307 e. The Balaban J connectivity index is 2.00. The van der Waals surface area contributed by atoms with E-state index in [0.29, 0.717) is 12.1 Å². The first kappa shape index (κ1) is 13.9. The van der Waals surface area contributed by atoms with Crippen LogP contribution in [0.2, 0.25) is 5.02 Å². The van der Waals surface area contributed by atoms with Gasteiger partial charge in [-0.25, -0.2) is 0 Å². The van der Waals surface area contributed by atoms with Crippen LogP contribution < -0.4 is 5.32 Å². The lowest BCUT2D eigenvalue weighted by atomic mass is 9.77. The predicted octanol–water partition coefficient (Wildman–Crippen LogP) is 4.82. The molecule has 1 aromatic carbocycles. The average Bonchev–Trinajstić information content (AvgIpc) is 2.35. The van der Waals surface area contributed by atoms with Crippen LogP contribution in [0.4, 0.5) is 0 Å². The van der Waals surface area contributed by atoms with Crippen molar-refractivity contribution in [2.75, 3.05) is 0 Å². The number of rotatable bonds is 3. The number of hydrogen-bond donors (Lipinski definition) is 1. The molecular formula is C16H24ClN. The highest BCUT2D eigenvalue weighted by molar-refractivity contribution is 6.30. The van der Waals surface area contributed by atoms with Gasteiger partial charge in [0, 0.05) is 17.1 Å². The number of halogens is 1. The zero-order chi connectivity index (χ0) is 13.1. The number of nitrogens with one attached hydrogen (secondary N) is 1. The van der Waals surface area contributed by atoms with Crippen LogP contribution in [0.1, 0.15) is 51.6 Å². The van der Waals surface area contributed by atoms with Gasteiger partial charge in [0.15, 0.2) is 0 Å². The van der Waals surface area contributed by atoms with Crippen molar-refractivity contribution in [3.05, 3.63) is 34.9 Å². The Kier molecular flexibility index (Phi) is 4.69. The van der Waals surface area contributed by atoms with Crippen molar-refractivity contribution >= 4 is 11.6 Å². The quantitative estimate of drug-likeness (QED) is 0.827. The molecule has 0 heterocycles. The minimum atomic E-state index is 0.376. The Morgan fingerprint density at radius 2 is 2.06 bits per heavy atom. The highest BCUT2D eigenvalue weighted by atomic mass is 35.5. The molecule has 0 amide bonds. The topological polar surface area (TPSA) is 12.0 Å². The SMILES string of the molecule is CC1CCCC(N[C@@H](C)c2cccc(Cl)c2)C1C. The van der Waals surface area contributed by atoms with Crippen LogP contribution in [0.15, 0.2) is 24.3 Å². The molecule has 1 N–H and O–H groups in total. The molecule has 2 heteroatoms. The van der Waals surface area contributed by atoms with Crippen LogP contribution in [0.25, 0.3) is 0 Å². The lowest BCUT2D eigenvalue weighted by molar-refractivity contribution is 0.196. The van der Waals surface area contributed by atoms with Crippen LogP contribution in [0, 0.1) is 11.8 Å². The first-order valence-electron chi connectivity index (χ1n) is 7.09. The summed E-state index contributed by atoms with van der Waals surface area (Å²) in [7, 11) is 0. The Hall–Kier alpha value is -0.530. The zero-order valence-electron chi connectivity index (χ0n) is 11.6. The normalized spacial score (nSPS) is 30.1. The van der Waals surface area contributed by atoms with Crippen LogP contribution in [-0.4, -0.2) is 6.04 Å². The van der Waals surface area contributed by atoms with Gasteiger partial charge in [-0.2, -0.15) is 0 Å². The third-order valence-corrected chi connectivity index (χ3v) is 4.75. The molecule has 0 aromatic heterocycles. The van der Waals surface area contributed by atoms with Crippen molar-refractivity contribution in [3.63, 3.8) is 0 Å². The molecule has 2 rings (SSSR count). The fraction of sp³-hybridized carbons (Fsp3) is 0.625. The van der Waals surface area contributed by atoms with Gasteiger partial charge in [0.1, 0.15) is 0 Å². The summed E-state index contributed by atoms with van der Waals surface area (Å²) in [6.45, 7) is 6.99. The maximum atomic E-state index is 6.06. The van der Waals surface area contributed by atoms with Crippen LogP contribution in [0.5, 0.6) is 0 Å². The molecule has 1 aromatic rings.